The summed E-state index contributed by atoms with van der Waals surface area (Å²) in [4.78, 5) is 13.6. The SMILES string of the molecule is CNC(C)c1cnn(C2CN(C(=O)NC(C)C)C2)c1. The number of nitrogens with one attached hydrogen (secondary N) is 2. The molecule has 1 fully saturated rings. The Bertz CT molecular complexity index is 436. The van der Waals surface area contributed by atoms with Gasteiger partial charge in [0.25, 0.3) is 0 Å². The minimum absolute atomic E-state index is 0.0159. The summed E-state index contributed by atoms with van der Waals surface area (Å²) >= 11 is 0. The molecule has 0 aromatic carbocycles. The van der Waals surface area contributed by atoms with Gasteiger partial charge in [-0.3, -0.25) is 4.68 Å². The Balaban J connectivity index is 1.86. The minimum Gasteiger partial charge on any atom is -0.336 e. The molecule has 6 heteroatoms. The lowest BCUT2D eigenvalue weighted by Gasteiger charge is -2.39. The highest BCUT2D eigenvalue weighted by Gasteiger charge is 2.32. The van der Waals surface area contributed by atoms with E-state index in [1.54, 1.807) is 0 Å². The number of nitrogens with zero attached hydrogens (tertiary/aromatic N) is 3. The van der Waals surface area contributed by atoms with Crippen LogP contribution >= 0.6 is 0 Å². The third kappa shape index (κ3) is 3.07. The zero-order valence-electron chi connectivity index (χ0n) is 12.1. The zero-order valence-corrected chi connectivity index (χ0v) is 12.1. The molecule has 1 atom stereocenters. The number of likely N-dealkylation sites (tertiary alicyclic amines) is 1. The summed E-state index contributed by atoms with van der Waals surface area (Å²) in [6.07, 6.45) is 3.95. The molecule has 0 bridgehead atoms. The van der Waals surface area contributed by atoms with Gasteiger partial charge in [-0.25, -0.2) is 4.79 Å². The zero-order chi connectivity index (χ0) is 14.0. The third-order valence-electron chi connectivity index (χ3n) is 3.49. The Morgan fingerprint density at radius 1 is 1.42 bits per heavy atom. The predicted octanol–water partition coefficient (Wildman–Crippen LogP) is 1.14. The monoisotopic (exact) mass is 265 g/mol. The van der Waals surface area contributed by atoms with Crippen molar-refractivity contribution in [1.29, 1.82) is 0 Å². The van der Waals surface area contributed by atoms with Gasteiger partial charge in [0.2, 0.25) is 0 Å². The fraction of sp³-hybridized carbons (Fsp3) is 0.692. The molecule has 0 saturated carbocycles. The summed E-state index contributed by atoms with van der Waals surface area (Å²) in [6, 6.07) is 0.798. The smallest absolute Gasteiger partial charge is 0.317 e. The second-order valence-electron chi connectivity index (χ2n) is 5.43. The Morgan fingerprint density at radius 2 is 2.11 bits per heavy atom. The molecule has 1 aromatic rings. The van der Waals surface area contributed by atoms with Crippen LogP contribution in [0.5, 0.6) is 0 Å². The van der Waals surface area contributed by atoms with Crippen molar-refractivity contribution in [1.82, 2.24) is 25.3 Å². The molecule has 0 radical (unpaired) electrons. The molecule has 0 aliphatic carbocycles. The number of aromatic nitrogens is 2. The van der Waals surface area contributed by atoms with Crippen LogP contribution in [0.1, 0.15) is 38.4 Å². The average Bonchev–Trinajstić information content (AvgIpc) is 2.74. The number of hydrogen-bond donors (Lipinski definition) is 2. The van der Waals surface area contributed by atoms with Crippen molar-refractivity contribution in [2.45, 2.75) is 38.9 Å². The standard InChI is InChI=1S/C13H23N5O/c1-9(2)16-13(19)17-7-12(8-17)18-6-11(5-15-18)10(3)14-4/h5-6,9-10,12,14H,7-8H2,1-4H3,(H,16,19). The van der Waals surface area contributed by atoms with E-state index in [1.807, 2.05) is 36.7 Å². The molecule has 106 valence electrons. The lowest BCUT2D eigenvalue weighted by molar-refractivity contribution is 0.117. The molecule has 1 unspecified atom stereocenters. The van der Waals surface area contributed by atoms with Crippen molar-refractivity contribution in [3.8, 4) is 0 Å². The van der Waals surface area contributed by atoms with E-state index in [9.17, 15) is 4.79 Å². The average molecular weight is 265 g/mol. The van der Waals surface area contributed by atoms with Crippen molar-refractivity contribution in [2.24, 2.45) is 0 Å². The molecule has 1 saturated heterocycles. The largest absolute Gasteiger partial charge is 0.336 e. The van der Waals surface area contributed by atoms with E-state index in [4.69, 9.17) is 0 Å². The first kappa shape index (κ1) is 13.9. The second kappa shape index (κ2) is 5.61. The number of rotatable bonds is 4. The number of carbonyl (C=O) groups excluding carboxylic acids is 1. The van der Waals surface area contributed by atoms with Gasteiger partial charge >= 0.3 is 6.03 Å². The fourth-order valence-corrected chi connectivity index (χ4v) is 2.07. The van der Waals surface area contributed by atoms with Crippen LogP contribution in [0.3, 0.4) is 0 Å². The van der Waals surface area contributed by atoms with Gasteiger partial charge in [0.1, 0.15) is 0 Å². The van der Waals surface area contributed by atoms with Crippen LogP contribution in [0.4, 0.5) is 4.79 Å². The lowest BCUT2D eigenvalue weighted by Crippen LogP contribution is -2.55. The molecule has 19 heavy (non-hydrogen) atoms. The van der Waals surface area contributed by atoms with Gasteiger partial charge in [-0.15, -0.1) is 0 Å². The Morgan fingerprint density at radius 3 is 2.68 bits per heavy atom. The Labute approximate surface area is 114 Å². The summed E-state index contributed by atoms with van der Waals surface area (Å²) in [5.41, 5.74) is 1.17. The van der Waals surface area contributed by atoms with E-state index in [2.05, 4.69) is 28.9 Å². The fourth-order valence-electron chi connectivity index (χ4n) is 2.07. The Kier molecular flexibility index (Phi) is 4.09. The van der Waals surface area contributed by atoms with E-state index in [1.165, 1.54) is 5.56 Å². The van der Waals surface area contributed by atoms with Gasteiger partial charge in [0.15, 0.2) is 0 Å². The summed E-state index contributed by atoms with van der Waals surface area (Å²) in [5, 5.41) is 10.5. The number of amides is 2. The second-order valence-corrected chi connectivity index (χ2v) is 5.43. The molecule has 1 aliphatic heterocycles. The predicted molar refractivity (Wildman–Crippen MR) is 74.0 cm³/mol. The maximum atomic E-state index is 11.7. The van der Waals surface area contributed by atoms with Crippen LogP contribution in [0, 0.1) is 0 Å². The molecule has 2 heterocycles. The summed E-state index contributed by atoms with van der Waals surface area (Å²) in [7, 11) is 1.93. The normalized spacial score (nSPS) is 17.4. The molecule has 2 rings (SSSR count). The first-order valence-electron chi connectivity index (χ1n) is 6.78. The van der Waals surface area contributed by atoms with Crippen LogP contribution in [-0.4, -0.2) is 46.9 Å². The molecule has 1 aliphatic rings. The highest BCUT2D eigenvalue weighted by molar-refractivity contribution is 5.75. The number of hydrogen-bond acceptors (Lipinski definition) is 3. The lowest BCUT2D eigenvalue weighted by atomic mass is 10.1. The molecule has 6 nitrogen and oxygen atoms in total. The van der Waals surface area contributed by atoms with E-state index < -0.39 is 0 Å². The highest BCUT2D eigenvalue weighted by Crippen LogP contribution is 2.22. The maximum absolute atomic E-state index is 11.7. The van der Waals surface area contributed by atoms with Gasteiger partial charge in [-0.1, -0.05) is 0 Å². The maximum Gasteiger partial charge on any atom is 0.317 e. The quantitative estimate of drug-likeness (QED) is 0.858. The molecular weight excluding hydrogens is 242 g/mol. The van der Waals surface area contributed by atoms with Crippen molar-refractivity contribution < 1.29 is 4.79 Å². The summed E-state index contributed by atoms with van der Waals surface area (Å²) in [6.45, 7) is 7.49. The van der Waals surface area contributed by atoms with E-state index in [0.717, 1.165) is 13.1 Å². The van der Waals surface area contributed by atoms with Gasteiger partial charge in [0.05, 0.1) is 12.2 Å². The minimum atomic E-state index is 0.0159. The number of urea groups is 1. The van der Waals surface area contributed by atoms with Crippen molar-refractivity contribution in [3.05, 3.63) is 18.0 Å². The molecule has 0 spiro atoms. The summed E-state index contributed by atoms with van der Waals surface area (Å²) in [5.74, 6) is 0. The topological polar surface area (TPSA) is 62.2 Å². The van der Waals surface area contributed by atoms with E-state index in [0.29, 0.717) is 12.1 Å². The molecule has 1 aromatic heterocycles. The van der Waals surface area contributed by atoms with E-state index >= 15 is 0 Å². The third-order valence-corrected chi connectivity index (χ3v) is 3.49. The first-order valence-corrected chi connectivity index (χ1v) is 6.78. The highest BCUT2D eigenvalue weighted by atomic mass is 16.2. The van der Waals surface area contributed by atoms with Crippen molar-refractivity contribution in [2.75, 3.05) is 20.1 Å². The van der Waals surface area contributed by atoms with Crippen LogP contribution < -0.4 is 10.6 Å². The van der Waals surface area contributed by atoms with Crippen LogP contribution in [0.25, 0.3) is 0 Å². The van der Waals surface area contributed by atoms with E-state index in [-0.39, 0.29) is 12.1 Å². The molecule has 2 N–H and O–H groups in total. The molecular formula is C13H23N5O. The van der Waals surface area contributed by atoms with Gasteiger partial charge < -0.3 is 15.5 Å². The summed E-state index contributed by atoms with van der Waals surface area (Å²) < 4.78 is 1.96. The van der Waals surface area contributed by atoms with Gasteiger partial charge in [0, 0.05) is 36.9 Å². The van der Waals surface area contributed by atoms with Crippen LogP contribution in [0.2, 0.25) is 0 Å². The van der Waals surface area contributed by atoms with Crippen molar-refractivity contribution >= 4 is 6.03 Å². The Hall–Kier alpha value is -1.56. The first-order chi connectivity index (χ1) is 9.01. The van der Waals surface area contributed by atoms with Crippen LogP contribution in [-0.2, 0) is 0 Å². The van der Waals surface area contributed by atoms with Crippen molar-refractivity contribution in [3.63, 3.8) is 0 Å². The van der Waals surface area contributed by atoms with Gasteiger partial charge in [-0.2, -0.15) is 5.10 Å². The number of carbonyl (C=O) groups is 1. The van der Waals surface area contributed by atoms with Gasteiger partial charge in [-0.05, 0) is 27.8 Å². The van der Waals surface area contributed by atoms with Crippen LogP contribution in [0.15, 0.2) is 12.4 Å². The molecule has 2 amide bonds.